The fraction of sp³-hybridized carbons (Fsp3) is 0.192. The number of hydrazone groups is 1. The van der Waals surface area contributed by atoms with Crippen LogP contribution in [-0.4, -0.2) is 37.1 Å². The normalized spacial score (nSPS) is 12.5. The summed E-state index contributed by atoms with van der Waals surface area (Å²) in [4.78, 5) is 50.2. The second-order valence-electron chi connectivity index (χ2n) is 8.03. The van der Waals surface area contributed by atoms with E-state index in [1.54, 1.807) is 42.5 Å². The minimum atomic E-state index is -0.995. The molecule has 0 unspecified atom stereocenters. The molecule has 0 fully saturated rings. The van der Waals surface area contributed by atoms with Gasteiger partial charge in [-0.05, 0) is 79.3 Å². The number of hydrogen-bond donors (Lipinski definition) is 2. The highest BCUT2D eigenvalue weighted by Gasteiger charge is 2.28. The Balaban J connectivity index is 1.33. The highest BCUT2D eigenvalue weighted by atomic mass is 35.5. The molecule has 4 rings (SSSR count). The van der Waals surface area contributed by atoms with Gasteiger partial charge in [-0.3, -0.25) is 9.59 Å². The lowest BCUT2D eigenvalue weighted by Crippen LogP contribution is -2.32. The van der Waals surface area contributed by atoms with Gasteiger partial charge >= 0.3 is 23.8 Å². The summed E-state index contributed by atoms with van der Waals surface area (Å²) in [5, 5.41) is 7.03. The molecule has 0 spiro atoms. The van der Waals surface area contributed by atoms with Gasteiger partial charge < -0.3 is 14.8 Å². The van der Waals surface area contributed by atoms with Crippen molar-refractivity contribution in [3.63, 3.8) is 0 Å². The average Bonchev–Trinajstić information content (AvgIpc) is 3.26. The Hall–Kier alpha value is -4.02. The zero-order valence-electron chi connectivity index (χ0n) is 19.7. The summed E-state index contributed by atoms with van der Waals surface area (Å²) in [7, 11) is 1.28. The molecule has 0 bridgehead atoms. The van der Waals surface area contributed by atoms with Gasteiger partial charge in [-0.2, -0.15) is 5.10 Å². The second kappa shape index (κ2) is 11.8. The number of carbonyl (C=O) groups is 4. The highest BCUT2D eigenvalue weighted by molar-refractivity contribution is 7.17. The molecule has 37 heavy (non-hydrogen) atoms. The van der Waals surface area contributed by atoms with Gasteiger partial charge in [0.2, 0.25) is 0 Å². The first-order chi connectivity index (χ1) is 17.9. The average molecular weight is 540 g/mol. The minimum Gasteiger partial charge on any atom is -0.465 e. The van der Waals surface area contributed by atoms with Crippen molar-refractivity contribution in [2.24, 2.45) is 5.10 Å². The van der Waals surface area contributed by atoms with E-state index in [-0.39, 0.29) is 0 Å². The second-order valence-corrected chi connectivity index (χ2v) is 9.57. The molecule has 0 radical (unpaired) electrons. The lowest BCUT2D eigenvalue weighted by Gasteiger charge is -2.11. The molecule has 2 N–H and O–H groups in total. The summed E-state index contributed by atoms with van der Waals surface area (Å²) in [6.07, 6.45) is 4.82. The fourth-order valence-electron chi connectivity index (χ4n) is 3.75. The molecular formula is C26H22ClN3O6S. The Morgan fingerprint density at radius 2 is 1.76 bits per heavy atom. The van der Waals surface area contributed by atoms with Crippen molar-refractivity contribution in [1.29, 1.82) is 0 Å². The van der Waals surface area contributed by atoms with Crippen LogP contribution in [0.15, 0.2) is 53.6 Å². The van der Waals surface area contributed by atoms with Crippen molar-refractivity contribution in [2.45, 2.75) is 25.7 Å². The summed E-state index contributed by atoms with van der Waals surface area (Å²) in [5.41, 5.74) is 4.25. The molecule has 1 aliphatic rings. The molecule has 11 heteroatoms. The lowest BCUT2D eigenvalue weighted by atomic mass is 9.95. The number of carbonyl (C=O) groups excluding carboxylic acids is 4. The molecule has 0 atom stereocenters. The molecule has 2 amide bonds. The Labute approximate surface area is 221 Å². The minimum absolute atomic E-state index is 0.297. The van der Waals surface area contributed by atoms with E-state index in [0.717, 1.165) is 36.1 Å². The maximum atomic E-state index is 12.4. The Morgan fingerprint density at radius 1 is 1.00 bits per heavy atom. The van der Waals surface area contributed by atoms with Crippen LogP contribution in [0.25, 0.3) is 0 Å². The number of thiophene rings is 1. The highest BCUT2D eigenvalue weighted by Crippen LogP contribution is 2.38. The van der Waals surface area contributed by atoms with Crippen LogP contribution in [0.4, 0.5) is 5.00 Å². The molecule has 1 heterocycles. The zero-order valence-corrected chi connectivity index (χ0v) is 21.3. The molecule has 0 saturated heterocycles. The van der Waals surface area contributed by atoms with Crippen molar-refractivity contribution < 1.29 is 28.7 Å². The van der Waals surface area contributed by atoms with E-state index in [0.29, 0.717) is 32.5 Å². The molecule has 2 aromatic carbocycles. The van der Waals surface area contributed by atoms with Crippen LogP contribution in [0.3, 0.4) is 0 Å². The first-order valence-electron chi connectivity index (χ1n) is 11.3. The number of nitrogens with one attached hydrogen (secondary N) is 2. The number of fused-ring (bicyclic) bond motifs is 1. The van der Waals surface area contributed by atoms with E-state index in [9.17, 15) is 19.2 Å². The smallest absolute Gasteiger partial charge is 0.343 e. The number of halogens is 1. The standard InChI is InChI=1S/C26H22ClN3O6S/c1-35-26(34)21-19-7-2-3-8-20(19)37-24(21)29-22(31)23(32)30-28-14-15-9-11-18(12-10-15)36-25(33)16-5-4-6-17(27)13-16/h4-6,9-14H,2-3,7-8H2,1H3,(H,29,31)(H,30,32)/b28-14+. The van der Waals surface area contributed by atoms with Gasteiger partial charge in [0.05, 0.1) is 24.5 Å². The quantitative estimate of drug-likeness (QED) is 0.158. The van der Waals surface area contributed by atoms with Crippen LogP contribution in [-0.2, 0) is 27.2 Å². The zero-order chi connectivity index (χ0) is 26.4. The molecule has 1 aliphatic carbocycles. The van der Waals surface area contributed by atoms with E-state index in [2.05, 4.69) is 15.8 Å². The number of benzene rings is 2. The molecule has 9 nitrogen and oxygen atoms in total. The van der Waals surface area contributed by atoms with E-state index >= 15 is 0 Å². The van der Waals surface area contributed by atoms with Crippen molar-refractivity contribution in [3.05, 3.63) is 80.7 Å². The first kappa shape index (κ1) is 26.1. The molecule has 1 aromatic heterocycles. The van der Waals surface area contributed by atoms with Gasteiger partial charge in [0.1, 0.15) is 10.8 Å². The van der Waals surface area contributed by atoms with Crippen LogP contribution >= 0.6 is 22.9 Å². The van der Waals surface area contributed by atoms with Gasteiger partial charge in [-0.1, -0.05) is 17.7 Å². The largest absolute Gasteiger partial charge is 0.465 e. The van der Waals surface area contributed by atoms with Gasteiger partial charge in [0, 0.05) is 9.90 Å². The monoisotopic (exact) mass is 539 g/mol. The van der Waals surface area contributed by atoms with Gasteiger partial charge in [-0.25, -0.2) is 15.0 Å². The number of aryl methyl sites for hydroxylation is 1. The number of rotatable bonds is 6. The lowest BCUT2D eigenvalue weighted by molar-refractivity contribution is -0.136. The third-order valence-electron chi connectivity index (χ3n) is 5.52. The van der Waals surface area contributed by atoms with E-state index in [1.165, 1.54) is 30.7 Å². The van der Waals surface area contributed by atoms with Crippen LogP contribution in [0.5, 0.6) is 5.75 Å². The molecule has 3 aromatic rings. The van der Waals surface area contributed by atoms with Crippen LogP contribution in [0, 0.1) is 0 Å². The first-order valence-corrected chi connectivity index (χ1v) is 12.5. The van der Waals surface area contributed by atoms with Crippen LogP contribution in [0.1, 0.15) is 49.6 Å². The maximum Gasteiger partial charge on any atom is 0.343 e. The summed E-state index contributed by atoms with van der Waals surface area (Å²) >= 11 is 7.18. The Kier molecular flexibility index (Phi) is 8.32. The molecule has 0 aliphatic heterocycles. The number of methoxy groups -OCH3 is 1. The van der Waals surface area contributed by atoms with Crippen LogP contribution in [0.2, 0.25) is 5.02 Å². The predicted molar refractivity (Wildman–Crippen MR) is 140 cm³/mol. The number of esters is 2. The number of anilines is 1. The summed E-state index contributed by atoms with van der Waals surface area (Å²) in [6, 6.07) is 12.8. The van der Waals surface area contributed by atoms with Gasteiger partial charge in [-0.15, -0.1) is 11.3 Å². The number of ether oxygens (including phenoxy) is 2. The van der Waals surface area contributed by atoms with Crippen molar-refractivity contribution in [3.8, 4) is 5.75 Å². The van der Waals surface area contributed by atoms with E-state index < -0.39 is 23.8 Å². The van der Waals surface area contributed by atoms with E-state index in [4.69, 9.17) is 21.1 Å². The summed E-state index contributed by atoms with van der Waals surface area (Å²) < 4.78 is 10.2. The van der Waals surface area contributed by atoms with Crippen molar-refractivity contribution >= 4 is 57.9 Å². The number of nitrogens with zero attached hydrogens (tertiary/aromatic N) is 1. The third-order valence-corrected chi connectivity index (χ3v) is 6.97. The predicted octanol–water partition coefficient (Wildman–Crippen LogP) is 4.37. The maximum absolute atomic E-state index is 12.4. The summed E-state index contributed by atoms with van der Waals surface area (Å²) in [5.74, 6) is -2.74. The van der Waals surface area contributed by atoms with Gasteiger partial charge in [0.25, 0.3) is 0 Å². The summed E-state index contributed by atoms with van der Waals surface area (Å²) in [6.45, 7) is 0. The Morgan fingerprint density at radius 3 is 2.49 bits per heavy atom. The molecular weight excluding hydrogens is 518 g/mol. The number of amides is 2. The van der Waals surface area contributed by atoms with Crippen molar-refractivity contribution in [1.82, 2.24) is 5.43 Å². The topological polar surface area (TPSA) is 123 Å². The molecule has 190 valence electrons. The fourth-order valence-corrected chi connectivity index (χ4v) is 5.21. The van der Waals surface area contributed by atoms with Crippen molar-refractivity contribution in [2.75, 3.05) is 12.4 Å². The van der Waals surface area contributed by atoms with Gasteiger partial charge in [0.15, 0.2) is 0 Å². The SMILES string of the molecule is COC(=O)c1c(NC(=O)C(=O)N/N=C/c2ccc(OC(=O)c3cccc(Cl)c3)cc2)sc2c1CCCC2. The molecule has 0 saturated carbocycles. The number of hydrogen-bond acceptors (Lipinski definition) is 8. The van der Waals surface area contributed by atoms with E-state index in [1.807, 2.05) is 0 Å². The van der Waals surface area contributed by atoms with Crippen LogP contribution < -0.4 is 15.5 Å². The Bertz CT molecular complexity index is 1380. The third kappa shape index (κ3) is 6.41.